The van der Waals surface area contributed by atoms with Gasteiger partial charge in [0.2, 0.25) is 0 Å². The maximum atomic E-state index is 12.6. The van der Waals surface area contributed by atoms with Crippen LogP contribution in [0.2, 0.25) is 0 Å². The smallest absolute Gasteiger partial charge is 0.308 e. The number of rotatable bonds is 6. The zero-order chi connectivity index (χ0) is 17.8. The minimum absolute atomic E-state index is 0.201. The number of hydrogen-bond donors (Lipinski definition) is 1. The number of methoxy groups -OCH3 is 1. The summed E-state index contributed by atoms with van der Waals surface area (Å²) < 4.78 is 11.0. The molecule has 132 valence electrons. The van der Waals surface area contributed by atoms with Gasteiger partial charge in [-0.05, 0) is 24.6 Å². The van der Waals surface area contributed by atoms with Gasteiger partial charge in [-0.3, -0.25) is 9.59 Å². The predicted molar refractivity (Wildman–Crippen MR) is 91.1 cm³/mol. The van der Waals surface area contributed by atoms with E-state index in [0.29, 0.717) is 36.6 Å². The lowest BCUT2D eigenvalue weighted by Gasteiger charge is -2.17. The number of aliphatic carboxylic acids is 1. The van der Waals surface area contributed by atoms with E-state index in [1.165, 1.54) is 18.4 Å². The standard InChI is InChI=1S/C17H18N2O5S/c1-23-15-6-11(16(20)19-5-4-12(7-19)17(21)22)2-3-14(15)24-8-13-9-25-10-18-13/h2-3,6,9-10,12H,4-5,7-8H2,1H3,(H,21,22)/t12-/m1/s1. The van der Waals surface area contributed by atoms with Crippen LogP contribution in [0.4, 0.5) is 0 Å². The third kappa shape index (κ3) is 3.90. The molecule has 1 aliphatic heterocycles. The second-order valence-corrected chi connectivity index (χ2v) is 6.43. The average molecular weight is 362 g/mol. The van der Waals surface area contributed by atoms with Crippen molar-refractivity contribution in [1.29, 1.82) is 0 Å². The number of thiazole rings is 1. The van der Waals surface area contributed by atoms with E-state index in [0.717, 1.165) is 5.69 Å². The molecule has 0 radical (unpaired) electrons. The molecule has 0 unspecified atom stereocenters. The lowest BCUT2D eigenvalue weighted by Crippen LogP contribution is -2.29. The van der Waals surface area contributed by atoms with Gasteiger partial charge in [-0.25, -0.2) is 4.98 Å². The zero-order valence-corrected chi connectivity index (χ0v) is 14.5. The summed E-state index contributed by atoms with van der Waals surface area (Å²) in [6.45, 7) is 0.998. The van der Waals surface area contributed by atoms with Gasteiger partial charge in [-0.2, -0.15) is 0 Å². The number of carboxylic acid groups (broad SMARTS) is 1. The highest BCUT2D eigenvalue weighted by molar-refractivity contribution is 7.07. The summed E-state index contributed by atoms with van der Waals surface area (Å²) in [5.41, 5.74) is 3.01. The quantitative estimate of drug-likeness (QED) is 0.848. The molecule has 1 fully saturated rings. The van der Waals surface area contributed by atoms with Crippen molar-refractivity contribution >= 4 is 23.2 Å². The van der Waals surface area contributed by atoms with Crippen molar-refractivity contribution < 1.29 is 24.2 Å². The van der Waals surface area contributed by atoms with E-state index >= 15 is 0 Å². The number of hydrogen-bond acceptors (Lipinski definition) is 6. The van der Waals surface area contributed by atoms with E-state index in [-0.39, 0.29) is 12.5 Å². The maximum Gasteiger partial charge on any atom is 0.308 e. The second kappa shape index (κ2) is 7.52. The molecule has 1 aromatic heterocycles. The van der Waals surface area contributed by atoms with E-state index in [9.17, 15) is 9.59 Å². The van der Waals surface area contributed by atoms with E-state index in [1.54, 1.807) is 28.6 Å². The fraction of sp³-hybridized carbons (Fsp3) is 0.353. The molecular weight excluding hydrogens is 344 g/mol. The molecule has 2 heterocycles. The average Bonchev–Trinajstić information content (AvgIpc) is 3.30. The Balaban J connectivity index is 1.70. The number of ether oxygens (including phenoxy) is 2. The number of likely N-dealkylation sites (tertiary alicyclic amines) is 1. The lowest BCUT2D eigenvalue weighted by molar-refractivity contribution is -0.141. The van der Waals surface area contributed by atoms with Crippen LogP contribution in [0, 0.1) is 5.92 Å². The van der Waals surface area contributed by atoms with Gasteiger partial charge < -0.3 is 19.5 Å². The summed E-state index contributed by atoms with van der Waals surface area (Å²) in [7, 11) is 1.51. The van der Waals surface area contributed by atoms with Gasteiger partial charge >= 0.3 is 5.97 Å². The Morgan fingerprint density at radius 3 is 2.88 bits per heavy atom. The van der Waals surface area contributed by atoms with Crippen molar-refractivity contribution in [3.8, 4) is 11.5 Å². The van der Waals surface area contributed by atoms with Crippen LogP contribution >= 0.6 is 11.3 Å². The monoisotopic (exact) mass is 362 g/mol. The molecular formula is C17H18N2O5S. The Kier molecular flexibility index (Phi) is 5.18. The Hall–Kier alpha value is -2.61. The van der Waals surface area contributed by atoms with Crippen LogP contribution < -0.4 is 9.47 Å². The SMILES string of the molecule is COc1cc(C(=O)N2CC[C@@H](C(=O)O)C2)ccc1OCc1cscn1. The van der Waals surface area contributed by atoms with Gasteiger partial charge in [-0.1, -0.05) is 0 Å². The summed E-state index contributed by atoms with van der Waals surface area (Å²) in [6, 6.07) is 4.96. The molecule has 0 spiro atoms. The summed E-state index contributed by atoms with van der Waals surface area (Å²) >= 11 is 1.49. The molecule has 1 aliphatic rings. The molecule has 1 atom stereocenters. The van der Waals surface area contributed by atoms with Gasteiger partial charge in [0.1, 0.15) is 6.61 Å². The van der Waals surface area contributed by atoms with E-state index in [1.807, 2.05) is 5.38 Å². The highest BCUT2D eigenvalue weighted by Crippen LogP contribution is 2.30. The van der Waals surface area contributed by atoms with Crippen LogP contribution in [0.3, 0.4) is 0 Å². The normalized spacial score (nSPS) is 16.7. The van der Waals surface area contributed by atoms with Crippen LogP contribution in [0.5, 0.6) is 11.5 Å². The van der Waals surface area contributed by atoms with Gasteiger partial charge in [-0.15, -0.1) is 11.3 Å². The van der Waals surface area contributed by atoms with E-state index in [4.69, 9.17) is 14.6 Å². The summed E-state index contributed by atoms with van der Waals surface area (Å²) in [5.74, 6) is -0.578. The number of nitrogens with zero attached hydrogens (tertiary/aromatic N) is 2. The topological polar surface area (TPSA) is 89.0 Å². The van der Waals surface area contributed by atoms with Crippen LogP contribution in [-0.2, 0) is 11.4 Å². The first-order chi connectivity index (χ1) is 12.1. The van der Waals surface area contributed by atoms with Crippen molar-refractivity contribution in [2.24, 2.45) is 5.92 Å². The van der Waals surface area contributed by atoms with Crippen molar-refractivity contribution in [2.45, 2.75) is 13.0 Å². The van der Waals surface area contributed by atoms with Gasteiger partial charge in [0.05, 0.1) is 24.2 Å². The number of benzene rings is 1. The molecule has 0 saturated carbocycles. The predicted octanol–water partition coefficient (Wildman–Crippen LogP) is 2.28. The first-order valence-electron chi connectivity index (χ1n) is 7.78. The molecule has 7 nitrogen and oxygen atoms in total. The van der Waals surface area contributed by atoms with Gasteiger partial charge in [0.25, 0.3) is 5.91 Å². The Labute approximate surface area is 148 Å². The van der Waals surface area contributed by atoms with Gasteiger partial charge in [0, 0.05) is 24.0 Å². The summed E-state index contributed by atoms with van der Waals surface area (Å²) in [6.07, 6.45) is 0.479. The number of carbonyl (C=O) groups excluding carboxylic acids is 1. The Morgan fingerprint density at radius 1 is 1.40 bits per heavy atom. The molecule has 0 bridgehead atoms. The maximum absolute atomic E-state index is 12.6. The zero-order valence-electron chi connectivity index (χ0n) is 13.7. The largest absolute Gasteiger partial charge is 0.493 e. The lowest BCUT2D eigenvalue weighted by atomic mass is 10.1. The van der Waals surface area contributed by atoms with Gasteiger partial charge in [0.15, 0.2) is 11.5 Å². The first kappa shape index (κ1) is 17.2. The molecule has 25 heavy (non-hydrogen) atoms. The van der Waals surface area contributed by atoms with Crippen LogP contribution in [-0.4, -0.2) is 47.1 Å². The molecule has 1 N–H and O–H groups in total. The molecule has 0 aliphatic carbocycles. The number of carbonyl (C=O) groups is 2. The second-order valence-electron chi connectivity index (χ2n) is 5.71. The van der Waals surface area contributed by atoms with Crippen LogP contribution in [0.15, 0.2) is 29.1 Å². The molecule has 8 heteroatoms. The highest BCUT2D eigenvalue weighted by Gasteiger charge is 2.31. The Bertz CT molecular complexity index is 762. The van der Waals surface area contributed by atoms with E-state index < -0.39 is 11.9 Å². The third-order valence-corrected chi connectivity index (χ3v) is 4.73. The van der Waals surface area contributed by atoms with Crippen LogP contribution in [0.1, 0.15) is 22.5 Å². The molecule has 3 rings (SSSR count). The number of amides is 1. The Morgan fingerprint density at radius 2 is 2.24 bits per heavy atom. The number of carboxylic acids is 1. The summed E-state index contributed by atoms with van der Waals surface area (Å²) in [5, 5.41) is 11.0. The van der Waals surface area contributed by atoms with Crippen LogP contribution in [0.25, 0.3) is 0 Å². The van der Waals surface area contributed by atoms with Crippen molar-refractivity contribution in [3.63, 3.8) is 0 Å². The fourth-order valence-electron chi connectivity index (χ4n) is 2.71. The minimum Gasteiger partial charge on any atom is -0.493 e. The third-order valence-electron chi connectivity index (χ3n) is 4.09. The molecule has 1 aromatic carbocycles. The number of aromatic nitrogens is 1. The van der Waals surface area contributed by atoms with Crippen molar-refractivity contribution in [2.75, 3.05) is 20.2 Å². The summed E-state index contributed by atoms with van der Waals surface area (Å²) in [4.78, 5) is 29.3. The molecule has 1 saturated heterocycles. The molecule has 2 aromatic rings. The first-order valence-corrected chi connectivity index (χ1v) is 8.72. The van der Waals surface area contributed by atoms with E-state index in [2.05, 4.69) is 4.98 Å². The highest BCUT2D eigenvalue weighted by atomic mass is 32.1. The fourth-order valence-corrected chi connectivity index (χ4v) is 3.25. The minimum atomic E-state index is -0.862. The van der Waals surface area contributed by atoms with Crippen molar-refractivity contribution in [3.05, 3.63) is 40.3 Å². The van der Waals surface area contributed by atoms with Crippen molar-refractivity contribution in [1.82, 2.24) is 9.88 Å². The molecule has 1 amide bonds.